The van der Waals surface area contributed by atoms with Gasteiger partial charge < -0.3 is 19.8 Å². The van der Waals surface area contributed by atoms with Gasteiger partial charge in [0.1, 0.15) is 12.4 Å². The van der Waals surface area contributed by atoms with Crippen LogP contribution in [0.4, 0.5) is 11.4 Å². The van der Waals surface area contributed by atoms with Crippen molar-refractivity contribution in [1.29, 1.82) is 0 Å². The van der Waals surface area contributed by atoms with Crippen LogP contribution in [0.2, 0.25) is 0 Å². The number of benzene rings is 1. The Morgan fingerprint density at radius 3 is 2.68 bits per heavy atom. The smallest absolute Gasteiger partial charge is 0.250 e. The van der Waals surface area contributed by atoms with Crippen LogP contribution in [0.15, 0.2) is 41.3 Å². The van der Waals surface area contributed by atoms with Crippen LogP contribution in [0.3, 0.4) is 0 Å². The van der Waals surface area contributed by atoms with Gasteiger partial charge in [0.05, 0.1) is 12.7 Å². The van der Waals surface area contributed by atoms with E-state index in [2.05, 4.69) is 15.6 Å². The molecule has 2 rings (SSSR count). The molecule has 1 amide bonds. The molecular formula is C13H15N3O3. The summed E-state index contributed by atoms with van der Waals surface area (Å²) in [6.45, 7) is 0.612. The van der Waals surface area contributed by atoms with Gasteiger partial charge in [0.25, 0.3) is 0 Å². The molecule has 0 saturated carbocycles. The minimum atomic E-state index is -0.176. The zero-order valence-electron chi connectivity index (χ0n) is 10.6. The average Bonchev–Trinajstić information content (AvgIpc) is 2.91. The quantitative estimate of drug-likeness (QED) is 0.830. The summed E-state index contributed by atoms with van der Waals surface area (Å²) in [5.41, 5.74) is 1.66. The maximum atomic E-state index is 11.3. The van der Waals surface area contributed by atoms with Crippen molar-refractivity contribution in [3.8, 4) is 0 Å². The summed E-state index contributed by atoms with van der Waals surface area (Å²) in [6, 6.07) is 7.38. The largest absolute Gasteiger partial charge is 0.447 e. The lowest BCUT2D eigenvalue weighted by atomic mass is 10.2. The molecular weight excluding hydrogens is 246 g/mol. The van der Waals surface area contributed by atoms with Crippen molar-refractivity contribution in [3.63, 3.8) is 0 Å². The van der Waals surface area contributed by atoms with Crippen molar-refractivity contribution in [2.45, 2.75) is 6.54 Å². The molecule has 0 aliphatic carbocycles. The third-order valence-corrected chi connectivity index (χ3v) is 2.39. The molecule has 0 saturated heterocycles. The number of carbonyl (C=O) groups is 1. The first-order valence-corrected chi connectivity index (χ1v) is 5.78. The summed E-state index contributed by atoms with van der Waals surface area (Å²) >= 11 is 0. The minimum Gasteiger partial charge on any atom is -0.447 e. The van der Waals surface area contributed by atoms with E-state index in [0.717, 1.165) is 17.1 Å². The monoisotopic (exact) mass is 261 g/mol. The van der Waals surface area contributed by atoms with Gasteiger partial charge in [0.2, 0.25) is 5.91 Å². The maximum Gasteiger partial charge on any atom is 0.250 e. The number of methoxy groups -OCH3 is 1. The second-order valence-corrected chi connectivity index (χ2v) is 3.88. The SMILES string of the molecule is COCC(=O)Nc1ccc(NCc2cnco2)cc1. The Morgan fingerprint density at radius 2 is 2.05 bits per heavy atom. The number of nitrogens with one attached hydrogen (secondary N) is 2. The number of rotatable bonds is 6. The zero-order chi connectivity index (χ0) is 13.5. The predicted octanol–water partition coefficient (Wildman–Crippen LogP) is 1.87. The zero-order valence-corrected chi connectivity index (χ0v) is 10.6. The lowest BCUT2D eigenvalue weighted by molar-refractivity contribution is -0.119. The summed E-state index contributed by atoms with van der Waals surface area (Å²) in [7, 11) is 1.48. The number of carbonyl (C=O) groups excluding carboxylic acids is 1. The number of hydrogen-bond donors (Lipinski definition) is 2. The molecule has 0 atom stereocenters. The molecule has 100 valence electrons. The van der Waals surface area contributed by atoms with E-state index in [0.29, 0.717) is 6.54 Å². The highest BCUT2D eigenvalue weighted by Crippen LogP contribution is 2.14. The van der Waals surface area contributed by atoms with E-state index in [4.69, 9.17) is 9.15 Å². The molecule has 0 aliphatic heterocycles. The lowest BCUT2D eigenvalue weighted by Gasteiger charge is -2.07. The van der Waals surface area contributed by atoms with E-state index in [1.165, 1.54) is 13.5 Å². The fourth-order valence-electron chi connectivity index (χ4n) is 1.52. The van der Waals surface area contributed by atoms with Crippen LogP contribution >= 0.6 is 0 Å². The summed E-state index contributed by atoms with van der Waals surface area (Å²) in [5, 5.41) is 5.90. The van der Waals surface area contributed by atoms with Crippen LogP contribution < -0.4 is 10.6 Å². The molecule has 1 aromatic carbocycles. The molecule has 0 aliphatic rings. The third-order valence-electron chi connectivity index (χ3n) is 2.39. The third kappa shape index (κ3) is 4.11. The van der Waals surface area contributed by atoms with Gasteiger partial charge in [-0.25, -0.2) is 4.98 Å². The van der Waals surface area contributed by atoms with Gasteiger partial charge in [-0.3, -0.25) is 4.79 Å². The number of hydrogen-bond acceptors (Lipinski definition) is 5. The highest BCUT2D eigenvalue weighted by atomic mass is 16.5. The number of oxazole rings is 1. The fraction of sp³-hybridized carbons (Fsp3) is 0.231. The number of amides is 1. The van der Waals surface area contributed by atoms with Gasteiger partial charge in [-0.05, 0) is 24.3 Å². The van der Waals surface area contributed by atoms with Crippen LogP contribution in [0.5, 0.6) is 0 Å². The van der Waals surface area contributed by atoms with Crippen molar-refractivity contribution in [1.82, 2.24) is 4.98 Å². The standard InChI is InChI=1S/C13H15N3O3/c1-18-8-13(17)16-11-4-2-10(3-5-11)15-7-12-6-14-9-19-12/h2-6,9,15H,7-8H2,1H3,(H,16,17). The molecule has 19 heavy (non-hydrogen) atoms. The summed E-state index contributed by atoms with van der Waals surface area (Å²) < 4.78 is 9.85. The van der Waals surface area contributed by atoms with Crippen LogP contribution in [0.1, 0.15) is 5.76 Å². The molecule has 1 heterocycles. The maximum absolute atomic E-state index is 11.3. The van der Waals surface area contributed by atoms with Crippen molar-refractivity contribution < 1.29 is 13.9 Å². The minimum absolute atomic E-state index is 0.0471. The Balaban J connectivity index is 1.85. The highest BCUT2D eigenvalue weighted by molar-refractivity contribution is 5.91. The van der Waals surface area contributed by atoms with Crippen molar-refractivity contribution in [2.75, 3.05) is 24.4 Å². The van der Waals surface area contributed by atoms with Crippen molar-refractivity contribution in [2.24, 2.45) is 0 Å². The average molecular weight is 261 g/mol. The first kappa shape index (κ1) is 13.1. The van der Waals surface area contributed by atoms with Crippen LogP contribution in [-0.4, -0.2) is 24.6 Å². The van der Waals surface area contributed by atoms with E-state index in [1.807, 2.05) is 24.3 Å². The molecule has 6 nitrogen and oxygen atoms in total. The van der Waals surface area contributed by atoms with Crippen LogP contribution in [0, 0.1) is 0 Å². The number of ether oxygens (including phenoxy) is 1. The molecule has 2 N–H and O–H groups in total. The van der Waals surface area contributed by atoms with Gasteiger partial charge in [0, 0.05) is 18.5 Å². The van der Waals surface area contributed by atoms with Gasteiger partial charge in [-0.1, -0.05) is 0 Å². The molecule has 0 radical (unpaired) electrons. The van der Waals surface area contributed by atoms with Gasteiger partial charge in [-0.15, -0.1) is 0 Å². The van der Waals surface area contributed by atoms with Crippen molar-refractivity contribution in [3.05, 3.63) is 42.6 Å². The second kappa shape index (κ2) is 6.55. The molecule has 6 heteroatoms. The Hall–Kier alpha value is -2.34. The first-order chi connectivity index (χ1) is 9.28. The molecule has 0 bridgehead atoms. The molecule has 0 fully saturated rings. The second-order valence-electron chi connectivity index (χ2n) is 3.88. The number of nitrogens with zero attached hydrogens (tertiary/aromatic N) is 1. The topological polar surface area (TPSA) is 76.4 Å². The van der Waals surface area contributed by atoms with Crippen LogP contribution in [-0.2, 0) is 16.1 Å². The van der Waals surface area contributed by atoms with Gasteiger partial charge in [-0.2, -0.15) is 0 Å². The highest BCUT2D eigenvalue weighted by Gasteiger charge is 2.01. The Labute approximate surface area is 110 Å². The summed E-state index contributed by atoms with van der Waals surface area (Å²) in [6.07, 6.45) is 3.05. The number of aromatic nitrogens is 1. The Morgan fingerprint density at radius 1 is 1.32 bits per heavy atom. The molecule has 0 spiro atoms. The Bertz CT molecular complexity index is 508. The first-order valence-electron chi connectivity index (χ1n) is 5.78. The van der Waals surface area contributed by atoms with E-state index in [-0.39, 0.29) is 12.5 Å². The molecule has 2 aromatic rings. The lowest BCUT2D eigenvalue weighted by Crippen LogP contribution is -2.16. The molecule has 0 unspecified atom stereocenters. The fourth-order valence-corrected chi connectivity index (χ4v) is 1.52. The predicted molar refractivity (Wildman–Crippen MR) is 70.8 cm³/mol. The van der Waals surface area contributed by atoms with E-state index < -0.39 is 0 Å². The molecule has 1 aromatic heterocycles. The van der Waals surface area contributed by atoms with Gasteiger partial charge >= 0.3 is 0 Å². The summed E-state index contributed by atoms with van der Waals surface area (Å²) in [5.74, 6) is 0.586. The van der Waals surface area contributed by atoms with E-state index >= 15 is 0 Å². The van der Waals surface area contributed by atoms with E-state index in [1.54, 1.807) is 6.20 Å². The number of anilines is 2. The van der Waals surface area contributed by atoms with Crippen LogP contribution in [0.25, 0.3) is 0 Å². The van der Waals surface area contributed by atoms with Gasteiger partial charge in [0.15, 0.2) is 6.39 Å². The Kier molecular flexibility index (Phi) is 4.52. The van der Waals surface area contributed by atoms with Crippen molar-refractivity contribution >= 4 is 17.3 Å². The van der Waals surface area contributed by atoms with E-state index in [9.17, 15) is 4.79 Å². The normalized spacial score (nSPS) is 10.2. The summed E-state index contributed by atoms with van der Waals surface area (Å²) in [4.78, 5) is 15.1.